The van der Waals surface area contributed by atoms with Crippen LogP contribution in [0.15, 0.2) is 24.3 Å². The van der Waals surface area contributed by atoms with Gasteiger partial charge in [-0.3, -0.25) is 0 Å². The summed E-state index contributed by atoms with van der Waals surface area (Å²) in [4.78, 5) is 0. The summed E-state index contributed by atoms with van der Waals surface area (Å²) in [7, 11) is 0. The molecule has 0 unspecified atom stereocenters. The zero-order valence-electron chi connectivity index (χ0n) is 8.92. The van der Waals surface area contributed by atoms with Crippen LogP contribution in [0.3, 0.4) is 0 Å². The number of alkyl halides is 3. The maximum atomic E-state index is 12.2. The average molecular weight is 233 g/mol. The molecule has 0 aliphatic heterocycles. The Kier molecular flexibility index (Phi) is 4.18. The predicted molar refractivity (Wildman–Crippen MR) is 55.3 cm³/mol. The van der Waals surface area contributed by atoms with Gasteiger partial charge in [0.25, 0.3) is 0 Å². The second kappa shape index (κ2) is 5.21. The van der Waals surface area contributed by atoms with E-state index in [4.69, 9.17) is 10.5 Å². The summed E-state index contributed by atoms with van der Waals surface area (Å²) in [5.74, 6) is 0.564. The molecule has 90 valence electrons. The lowest BCUT2D eigenvalue weighted by molar-refractivity contribution is -0.147. The van der Waals surface area contributed by atoms with E-state index >= 15 is 0 Å². The second-order valence-corrected chi connectivity index (χ2v) is 3.43. The van der Waals surface area contributed by atoms with Crippen molar-refractivity contribution in [1.29, 1.82) is 0 Å². The Bertz CT molecular complexity index is 338. The van der Waals surface area contributed by atoms with Crippen molar-refractivity contribution in [2.75, 3.05) is 6.61 Å². The molecule has 0 radical (unpaired) electrons. The van der Waals surface area contributed by atoms with E-state index in [0.29, 0.717) is 17.9 Å². The van der Waals surface area contributed by atoms with E-state index in [1.807, 2.05) is 6.92 Å². The summed E-state index contributed by atoms with van der Waals surface area (Å²) in [6.07, 6.45) is -4.59. The summed E-state index contributed by atoms with van der Waals surface area (Å²) < 4.78 is 41.9. The van der Waals surface area contributed by atoms with Gasteiger partial charge in [0.05, 0.1) is 6.61 Å². The van der Waals surface area contributed by atoms with Crippen molar-refractivity contribution < 1.29 is 17.9 Å². The molecule has 0 saturated carbocycles. The van der Waals surface area contributed by atoms with E-state index in [0.717, 1.165) is 0 Å². The number of ether oxygens (including phenoxy) is 1. The Labute approximate surface area is 92.2 Å². The van der Waals surface area contributed by atoms with Crippen molar-refractivity contribution in [2.24, 2.45) is 5.73 Å². The molecule has 5 heteroatoms. The molecule has 1 aromatic rings. The molecule has 1 atom stereocenters. The SMILES string of the molecule is CCOc1cccc(C[C@@H](N)C(F)(F)F)c1. The molecule has 16 heavy (non-hydrogen) atoms. The van der Waals surface area contributed by atoms with Crippen LogP contribution in [0.2, 0.25) is 0 Å². The smallest absolute Gasteiger partial charge is 0.403 e. The lowest BCUT2D eigenvalue weighted by atomic mass is 10.1. The number of halogens is 3. The van der Waals surface area contributed by atoms with Gasteiger partial charge in [-0.15, -0.1) is 0 Å². The Hall–Kier alpha value is -1.23. The van der Waals surface area contributed by atoms with Gasteiger partial charge in [0, 0.05) is 0 Å². The first-order valence-corrected chi connectivity index (χ1v) is 4.97. The lowest BCUT2D eigenvalue weighted by Gasteiger charge is -2.15. The van der Waals surface area contributed by atoms with Gasteiger partial charge < -0.3 is 10.5 Å². The maximum absolute atomic E-state index is 12.2. The zero-order valence-corrected chi connectivity index (χ0v) is 8.92. The first-order chi connectivity index (χ1) is 7.43. The van der Waals surface area contributed by atoms with E-state index in [2.05, 4.69) is 0 Å². The molecule has 1 rings (SSSR count). The quantitative estimate of drug-likeness (QED) is 0.867. The van der Waals surface area contributed by atoms with Gasteiger partial charge in [-0.05, 0) is 31.0 Å². The highest BCUT2D eigenvalue weighted by Crippen LogP contribution is 2.22. The minimum atomic E-state index is -4.36. The number of hydrogen-bond acceptors (Lipinski definition) is 2. The molecule has 2 N–H and O–H groups in total. The molecule has 0 amide bonds. The van der Waals surface area contributed by atoms with Crippen LogP contribution in [0, 0.1) is 0 Å². The number of benzene rings is 1. The molecule has 0 aliphatic rings. The summed E-state index contributed by atoms with van der Waals surface area (Å²) >= 11 is 0. The molecular weight excluding hydrogens is 219 g/mol. The Balaban J connectivity index is 2.70. The summed E-state index contributed by atoms with van der Waals surface area (Å²) in [5.41, 5.74) is 5.56. The fourth-order valence-electron chi connectivity index (χ4n) is 1.30. The van der Waals surface area contributed by atoms with Gasteiger partial charge in [0.1, 0.15) is 11.8 Å². The largest absolute Gasteiger partial charge is 0.494 e. The van der Waals surface area contributed by atoms with Crippen molar-refractivity contribution in [3.8, 4) is 5.75 Å². The Morgan fingerprint density at radius 1 is 1.38 bits per heavy atom. The van der Waals surface area contributed by atoms with E-state index < -0.39 is 12.2 Å². The normalized spacial score (nSPS) is 13.6. The van der Waals surface area contributed by atoms with Crippen LogP contribution in [-0.2, 0) is 6.42 Å². The van der Waals surface area contributed by atoms with Crippen LogP contribution >= 0.6 is 0 Å². The highest BCUT2D eigenvalue weighted by atomic mass is 19.4. The van der Waals surface area contributed by atoms with Crippen molar-refractivity contribution in [1.82, 2.24) is 0 Å². The molecule has 0 fully saturated rings. The molecule has 0 bridgehead atoms. The fraction of sp³-hybridized carbons (Fsp3) is 0.455. The summed E-state index contributed by atoms with van der Waals surface area (Å²) in [6.45, 7) is 2.29. The van der Waals surface area contributed by atoms with Crippen LogP contribution < -0.4 is 10.5 Å². The topological polar surface area (TPSA) is 35.2 Å². The average Bonchev–Trinajstić information content (AvgIpc) is 2.17. The van der Waals surface area contributed by atoms with Gasteiger partial charge >= 0.3 is 6.18 Å². The van der Waals surface area contributed by atoms with E-state index in [1.165, 1.54) is 0 Å². The summed E-state index contributed by atoms with van der Waals surface area (Å²) in [6, 6.07) is 4.71. The van der Waals surface area contributed by atoms with E-state index in [-0.39, 0.29) is 6.42 Å². The molecular formula is C11H14F3NO. The highest BCUT2D eigenvalue weighted by molar-refractivity contribution is 5.29. The first kappa shape index (κ1) is 12.8. The van der Waals surface area contributed by atoms with Crippen molar-refractivity contribution in [2.45, 2.75) is 25.6 Å². The van der Waals surface area contributed by atoms with Crippen LogP contribution in [0.5, 0.6) is 5.75 Å². The van der Waals surface area contributed by atoms with Gasteiger partial charge in [-0.2, -0.15) is 13.2 Å². The number of nitrogens with two attached hydrogens (primary N) is 1. The van der Waals surface area contributed by atoms with Crippen LogP contribution in [0.4, 0.5) is 13.2 Å². The number of hydrogen-bond donors (Lipinski definition) is 1. The van der Waals surface area contributed by atoms with Gasteiger partial charge in [0.2, 0.25) is 0 Å². The maximum Gasteiger partial charge on any atom is 0.403 e. The Morgan fingerprint density at radius 2 is 2.06 bits per heavy atom. The van der Waals surface area contributed by atoms with Gasteiger partial charge in [-0.1, -0.05) is 12.1 Å². The molecule has 2 nitrogen and oxygen atoms in total. The molecule has 0 heterocycles. The van der Waals surface area contributed by atoms with Crippen molar-refractivity contribution >= 4 is 0 Å². The zero-order chi connectivity index (χ0) is 12.2. The molecule has 0 aliphatic carbocycles. The first-order valence-electron chi connectivity index (χ1n) is 4.97. The van der Waals surface area contributed by atoms with Gasteiger partial charge in [-0.25, -0.2) is 0 Å². The van der Waals surface area contributed by atoms with Gasteiger partial charge in [0.15, 0.2) is 0 Å². The minimum absolute atomic E-state index is 0.232. The third-order valence-electron chi connectivity index (χ3n) is 2.09. The third kappa shape index (κ3) is 3.73. The standard InChI is InChI=1S/C11H14F3NO/c1-2-16-9-5-3-4-8(6-9)7-10(15)11(12,13)14/h3-6,10H,2,7,15H2,1H3/t10-/m1/s1. The lowest BCUT2D eigenvalue weighted by Crippen LogP contribution is -2.39. The minimum Gasteiger partial charge on any atom is -0.494 e. The molecule has 0 spiro atoms. The molecule has 1 aromatic carbocycles. The Morgan fingerprint density at radius 3 is 2.62 bits per heavy atom. The molecule has 0 aromatic heterocycles. The van der Waals surface area contributed by atoms with Crippen LogP contribution in [0.25, 0.3) is 0 Å². The highest BCUT2D eigenvalue weighted by Gasteiger charge is 2.36. The third-order valence-corrected chi connectivity index (χ3v) is 2.09. The molecule has 0 saturated heterocycles. The van der Waals surface area contributed by atoms with Crippen LogP contribution in [0.1, 0.15) is 12.5 Å². The van der Waals surface area contributed by atoms with Crippen LogP contribution in [-0.4, -0.2) is 18.8 Å². The predicted octanol–water partition coefficient (Wildman–Crippen LogP) is 2.52. The van der Waals surface area contributed by atoms with Crippen molar-refractivity contribution in [3.63, 3.8) is 0 Å². The monoisotopic (exact) mass is 233 g/mol. The van der Waals surface area contributed by atoms with E-state index in [1.54, 1.807) is 24.3 Å². The van der Waals surface area contributed by atoms with Crippen molar-refractivity contribution in [3.05, 3.63) is 29.8 Å². The fourth-order valence-corrected chi connectivity index (χ4v) is 1.30. The van der Waals surface area contributed by atoms with E-state index in [9.17, 15) is 13.2 Å². The number of rotatable bonds is 4. The summed E-state index contributed by atoms with van der Waals surface area (Å²) in [5, 5.41) is 0. The second-order valence-electron chi connectivity index (χ2n) is 3.43.